The van der Waals surface area contributed by atoms with Crippen LogP contribution < -0.4 is 5.32 Å². The van der Waals surface area contributed by atoms with Gasteiger partial charge < -0.3 is 5.32 Å². The van der Waals surface area contributed by atoms with Crippen molar-refractivity contribution >= 4 is 28.5 Å². The van der Waals surface area contributed by atoms with Gasteiger partial charge >= 0.3 is 0 Å². The van der Waals surface area contributed by atoms with Crippen molar-refractivity contribution in [3.8, 4) is 0 Å². The number of benzene rings is 2. The zero-order valence-corrected chi connectivity index (χ0v) is 16.1. The number of amides is 3. The van der Waals surface area contributed by atoms with Crippen LogP contribution >= 0.6 is 0 Å². The molecule has 0 saturated heterocycles. The highest BCUT2D eigenvalue weighted by Gasteiger charge is 2.32. The lowest BCUT2D eigenvalue weighted by atomic mass is 9.94. The summed E-state index contributed by atoms with van der Waals surface area (Å²) in [5, 5.41) is 4.49. The van der Waals surface area contributed by atoms with Crippen LogP contribution in [0.25, 0.3) is 10.8 Å². The van der Waals surface area contributed by atoms with Gasteiger partial charge in [-0.25, -0.2) is 0 Å². The van der Waals surface area contributed by atoms with Crippen LogP contribution in [0.5, 0.6) is 0 Å². The second-order valence-electron chi connectivity index (χ2n) is 7.12. The number of imide groups is 1. The summed E-state index contributed by atoms with van der Waals surface area (Å²) in [5.41, 5.74) is 1.85. The summed E-state index contributed by atoms with van der Waals surface area (Å²) in [5.74, 6) is -0.745. The van der Waals surface area contributed by atoms with Crippen LogP contribution in [0.4, 0.5) is 0 Å². The van der Waals surface area contributed by atoms with Gasteiger partial charge in [0.05, 0.1) is 11.7 Å². The van der Waals surface area contributed by atoms with E-state index in [0.29, 0.717) is 22.9 Å². The topological polar surface area (TPSA) is 79.4 Å². The second-order valence-corrected chi connectivity index (χ2v) is 7.12. The van der Waals surface area contributed by atoms with Crippen molar-refractivity contribution < 1.29 is 14.4 Å². The van der Waals surface area contributed by atoms with Crippen LogP contribution in [0.2, 0.25) is 0 Å². The molecule has 0 radical (unpaired) electrons. The SMILES string of the molecule is CC(NC(=O)CCCN1C(=O)c2cccc3cccc(c23)C1=O)c1ccccn1. The quantitative estimate of drug-likeness (QED) is 0.657. The Balaban J connectivity index is 1.40. The van der Waals surface area contributed by atoms with Crippen molar-refractivity contribution in [3.63, 3.8) is 0 Å². The zero-order valence-electron chi connectivity index (χ0n) is 16.1. The van der Waals surface area contributed by atoms with Gasteiger partial charge in [-0.15, -0.1) is 0 Å². The van der Waals surface area contributed by atoms with E-state index < -0.39 is 0 Å². The maximum atomic E-state index is 12.8. The van der Waals surface area contributed by atoms with E-state index in [-0.39, 0.29) is 36.7 Å². The lowest BCUT2D eigenvalue weighted by Crippen LogP contribution is -2.41. The molecular formula is C23H21N3O3. The van der Waals surface area contributed by atoms with Crippen LogP contribution in [0.15, 0.2) is 60.8 Å². The average molecular weight is 387 g/mol. The smallest absolute Gasteiger partial charge is 0.261 e. The molecule has 1 unspecified atom stereocenters. The maximum Gasteiger partial charge on any atom is 0.261 e. The minimum atomic E-state index is -0.304. The minimum absolute atomic E-state index is 0.137. The minimum Gasteiger partial charge on any atom is -0.348 e. The lowest BCUT2D eigenvalue weighted by Gasteiger charge is -2.27. The number of rotatable bonds is 6. The Morgan fingerprint density at radius 2 is 1.69 bits per heavy atom. The van der Waals surface area contributed by atoms with E-state index in [0.717, 1.165) is 11.1 Å². The molecule has 6 nitrogen and oxygen atoms in total. The summed E-state index contributed by atoms with van der Waals surface area (Å²) in [6, 6.07) is 16.3. The predicted octanol–water partition coefficient (Wildman–Crippen LogP) is 3.49. The van der Waals surface area contributed by atoms with Crippen molar-refractivity contribution in [3.05, 3.63) is 77.6 Å². The number of hydrogen-bond donors (Lipinski definition) is 1. The molecule has 2 aromatic carbocycles. The van der Waals surface area contributed by atoms with Gasteiger partial charge in [0.1, 0.15) is 0 Å². The highest BCUT2D eigenvalue weighted by molar-refractivity contribution is 6.25. The molecular weight excluding hydrogens is 366 g/mol. The standard InChI is InChI=1S/C23H21N3O3/c1-15(19-11-2-3-13-24-19)25-20(27)12-6-14-26-22(28)17-9-4-7-16-8-5-10-18(21(16)17)23(26)29/h2-5,7-11,13,15H,6,12,14H2,1H3,(H,25,27). The summed E-state index contributed by atoms with van der Waals surface area (Å²) in [6.45, 7) is 2.07. The molecule has 3 amide bonds. The second kappa shape index (κ2) is 7.83. The Morgan fingerprint density at radius 1 is 1.00 bits per heavy atom. The van der Waals surface area contributed by atoms with Crippen molar-refractivity contribution in [2.75, 3.05) is 6.54 Å². The fraction of sp³-hybridized carbons (Fsp3) is 0.217. The molecule has 6 heteroatoms. The van der Waals surface area contributed by atoms with Crippen LogP contribution in [0.3, 0.4) is 0 Å². The van der Waals surface area contributed by atoms with Crippen molar-refractivity contribution in [2.24, 2.45) is 0 Å². The van der Waals surface area contributed by atoms with Gasteiger partial charge in [0.15, 0.2) is 0 Å². The molecule has 1 aliphatic heterocycles. The molecule has 0 saturated carbocycles. The molecule has 2 heterocycles. The molecule has 0 spiro atoms. The fourth-order valence-corrected chi connectivity index (χ4v) is 3.70. The normalized spacial score (nSPS) is 14.2. The van der Waals surface area contributed by atoms with E-state index in [1.54, 1.807) is 18.3 Å². The molecule has 0 bridgehead atoms. The Morgan fingerprint density at radius 3 is 2.31 bits per heavy atom. The Kier molecular flexibility index (Phi) is 5.08. The fourth-order valence-electron chi connectivity index (χ4n) is 3.70. The highest BCUT2D eigenvalue weighted by Crippen LogP contribution is 2.30. The van der Waals surface area contributed by atoms with Crippen LogP contribution in [-0.2, 0) is 4.79 Å². The molecule has 4 rings (SSSR count). The van der Waals surface area contributed by atoms with Gasteiger partial charge in [-0.05, 0) is 43.0 Å². The summed E-state index contributed by atoms with van der Waals surface area (Å²) in [6.07, 6.45) is 2.31. The molecule has 0 fully saturated rings. The summed E-state index contributed by atoms with van der Waals surface area (Å²) >= 11 is 0. The first kappa shape index (κ1) is 18.8. The molecule has 146 valence electrons. The van der Waals surface area contributed by atoms with E-state index >= 15 is 0 Å². The molecule has 29 heavy (non-hydrogen) atoms. The third-order valence-corrected chi connectivity index (χ3v) is 5.15. The first-order chi connectivity index (χ1) is 14.1. The van der Waals surface area contributed by atoms with E-state index in [1.807, 2.05) is 49.4 Å². The maximum absolute atomic E-state index is 12.8. The van der Waals surface area contributed by atoms with Gasteiger partial charge in [-0.1, -0.05) is 30.3 Å². The van der Waals surface area contributed by atoms with Gasteiger partial charge in [0.2, 0.25) is 5.91 Å². The number of carbonyl (C=O) groups is 3. The largest absolute Gasteiger partial charge is 0.348 e. The molecule has 1 aromatic heterocycles. The first-order valence-corrected chi connectivity index (χ1v) is 9.64. The van der Waals surface area contributed by atoms with Gasteiger partial charge in [0.25, 0.3) is 11.8 Å². The summed E-state index contributed by atoms with van der Waals surface area (Å²) in [7, 11) is 0. The van der Waals surface area contributed by atoms with E-state index in [2.05, 4.69) is 10.3 Å². The third kappa shape index (κ3) is 3.61. The number of pyridine rings is 1. The van der Waals surface area contributed by atoms with Crippen LogP contribution in [-0.4, -0.2) is 34.2 Å². The zero-order chi connectivity index (χ0) is 20.4. The van der Waals surface area contributed by atoms with Crippen molar-refractivity contribution in [1.82, 2.24) is 15.2 Å². The van der Waals surface area contributed by atoms with Crippen LogP contribution in [0.1, 0.15) is 52.2 Å². The lowest BCUT2D eigenvalue weighted by molar-refractivity contribution is -0.121. The Bertz CT molecular complexity index is 1040. The van der Waals surface area contributed by atoms with Gasteiger partial charge in [-0.2, -0.15) is 0 Å². The predicted molar refractivity (Wildman–Crippen MR) is 109 cm³/mol. The first-order valence-electron chi connectivity index (χ1n) is 9.64. The number of carbonyl (C=O) groups excluding carboxylic acids is 3. The van der Waals surface area contributed by atoms with Crippen LogP contribution in [0, 0.1) is 0 Å². The number of aromatic nitrogens is 1. The molecule has 1 aliphatic rings. The third-order valence-electron chi connectivity index (χ3n) is 5.15. The Hall–Kier alpha value is -3.54. The average Bonchev–Trinajstić information content (AvgIpc) is 2.74. The summed E-state index contributed by atoms with van der Waals surface area (Å²) < 4.78 is 0. The number of nitrogens with one attached hydrogen (secondary N) is 1. The molecule has 1 atom stereocenters. The van der Waals surface area contributed by atoms with Gasteiger partial charge in [-0.3, -0.25) is 24.3 Å². The van der Waals surface area contributed by atoms with E-state index in [9.17, 15) is 14.4 Å². The summed E-state index contributed by atoms with van der Waals surface area (Å²) in [4.78, 5) is 43.4. The van der Waals surface area contributed by atoms with Crippen molar-refractivity contribution in [1.29, 1.82) is 0 Å². The van der Waals surface area contributed by atoms with Crippen molar-refractivity contribution in [2.45, 2.75) is 25.8 Å². The molecule has 0 aliphatic carbocycles. The van der Waals surface area contributed by atoms with Gasteiger partial charge in [0, 0.05) is 35.7 Å². The monoisotopic (exact) mass is 387 g/mol. The van der Waals surface area contributed by atoms with E-state index in [4.69, 9.17) is 0 Å². The molecule has 3 aromatic rings. The Labute approximate surface area is 168 Å². The highest BCUT2D eigenvalue weighted by atomic mass is 16.2. The number of nitrogens with zero attached hydrogens (tertiary/aromatic N) is 2. The number of hydrogen-bond acceptors (Lipinski definition) is 4. The van der Waals surface area contributed by atoms with E-state index in [1.165, 1.54) is 4.90 Å². The molecule has 1 N–H and O–H groups in total.